The van der Waals surface area contributed by atoms with Crippen molar-refractivity contribution < 1.29 is 9.00 Å². The Morgan fingerprint density at radius 3 is 2.76 bits per heavy atom. The van der Waals surface area contributed by atoms with Gasteiger partial charge in [0.1, 0.15) is 6.33 Å². The Hall–Kier alpha value is -1.76. The molecule has 6 nitrogen and oxygen atoms in total. The number of carbonyl (C=O) groups excluding carboxylic acids is 1. The summed E-state index contributed by atoms with van der Waals surface area (Å²) in [7, 11) is -1.25. The molecule has 0 bridgehead atoms. The first-order valence-electron chi connectivity index (χ1n) is 6.92. The Morgan fingerprint density at radius 1 is 1.43 bits per heavy atom. The number of ketones is 1. The normalized spacial score (nSPS) is 16.1. The van der Waals surface area contributed by atoms with Crippen LogP contribution in [-0.4, -0.2) is 35.6 Å². The monoisotopic (exact) mass is 306 g/mol. The van der Waals surface area contributed by atoms with E-state index in [1.165, 1.54) is 25.4 Å². The molecule has 0 aromatic carbocycles. The van der Waals surface area contributed by atoms with Crippen LogP contribution in [0.1, 0.15) is 40.6 Å². The lowest BCUT2D eigenvalue weighted by Gasteiger charge is -2.08. The van der Waals surface area contributed by atoms with Gasteiger partial charge in [0, 0.05) is 29.2 Å². The van der Waals surface area contributed by atoms with Crippen LogP contribution in [0.15, 0.2) is 17.6 Å². The average Bonchev–Trinajstić information content (AvgIpc) is 3.05. The van der Waals surface area contributed by atoms with Crippen molar-refractivity contribution in [2.75, 3.05) is 6.26 Å². The maximum atomic E-state index is 12.5. The number of rotatable bonds is 5. The highest BCUT2D eigenvalue weighted by molar-refractivity contribution is 7.84. The maximum absolute atomic E-state index is 12.5. The third-order valence-electron chi connectivity index (χ3n) is 3.85. The van der Waals surface area contributed by atoms with Gasteiger partial charge in [-0.25, -0.2) is 0 Å². The molecule has 1 fully saturated rings. The lowest BCUT2D eigenvalue weighted by molar-refractivity contribution is 0.0968. The molecular formula is C14H18N4O2S. The van der Waals surface area contributed by atoms with Crippen molar-refractivity contribution in [3.05, 3.63) is 29.3 Å². The molecule has 0 radical (unpaired) electrons. The molecule has 21 heavy (non-hydrogen) atoms. The summed E-state index contributed by atoms with van der Waals surface area (Å²) in [6.45, 7) is 4.15. The van der Waals surface area contributed by atoms with Gasteiger partial charge in [-0.1, -0.05) is 0 Å². The summed E-state index contributed by atoms with van der Waals surface area (Å²) in [6, 6.07) is 2.50. The molecule has 1 aliphatic rings. The summed E-state index contributed by atoms with van der Waals surface area (Å²) in [5, 5.41) is 7.87. The van der Waals surface area contributed by atoms with E-state index in [1.807, 2.05) is 19.9 Å². The van der Waals surface area contributed by atoms with Gasteiger partial charge in [-0.15, -0.1) is 10.2 Å². The minimum absolute atomic E-state index is 0.00139. The first-order chi connectivity index (χ1) is 9.99. The number of Topliss-reactive ketones (excluding diaryl/α,β-unsaturated/α-hetero) is 1. The molecule has 0 spiro atoms. The molecule has 0 N–H and O–H groups in total. The molecule has 0 amide bonds. The number of hydrogen-bond acceptors (Lipinski definition) is 4. The van der Waals surface area contributed by atoms with Crippen LogP contribution in [0.4, 0.5) is 0 Å². The van der Waals surface area contributed by atoms with Crippen molar-refractivity contribution >= 4 is 16.6 Å². The second-order valence-corrected chi connectivity index (χ2v) is 6.78. The number of carbonyl (C=O) groups is 1. The van der Waals surface area contributed by atoms with Gasteiger partial charge < -0.3 is 4.57 Å². The molecule has 1 unspecified atom stereocenters. The lowest BCUT2D eigenvalue weighted by atomic mass is 10.1. The number of hydrogen-bond donors (Lipinski definition) is 0. The summed E-state index contributed by atoms with van der Waals surface area (Å²) in [6.07, 6.45) is 5.36. The zero-order chi connectivity index (χ0) is 15.1. The molecule has 0 saturated heterocycles. The van der Waals surface area contributed by atoms with E-state index in [9.17, 15) is 9.00 Å². The van der Waals surface area contributed by atoms with Gasteiger partial charge in [0.2, 0.25) is 5.16 Å². The molecule has 1 atom stereocenters. The highest BCUT2D eigenvalue weighted by atomic mass is 32.2. The fourth-order valence-corrected chi connectivity index (χ4v) is 3.37. The highest BCUT2D eigenvalue weighted by Crippen LogP contribution is 2.38. The van der Waals surface area contributed by atoms with Gasteiger partial charge in [0.25, 0.3) is 0 Å². The minimum atomic E-state index is -1.25. The molecule has 2 aromatic rings. The van der Waals surface area contributed by atoms with E-state index < -0.39 is 10.8 Å². The number of aryl methyl sites for hydroxylation is 1. The van der Waals surface area contributed by atoms with Gasteiger partial charge in [0.15, 0.2) is 5.78 Å². The second-order valence-electron chi connectivity index (χ2n) is 5.50. The predicted octanol–water partition coefficient (Wildman–Crippen LogP) is 1.65. The van der Waals surface area contributed by atoms with Gasteiger partial charge >= 0.3 is 0 Å². The highest BCUT2D eigenvalue weighted by Gasteiger charge is 2.28. The van der Waals surface area contributed by atoms with Crippen molar-refractivity contribution in [1.29, 1.82) is 0 Å². The van der Waals surface area contributed by atoms with Crippen LogP contribution in [-0.2, 0) is 17.3 Å². The fraction of sp³-hybridized carbons (Fsp3) is 0.500. The van der Waals surface area contributed by atoms with Crippen molar-refractivity contribution in [1.82, 2.24) is 19.3 Å². The topological polar surface area (TPSA) is 69.8 Å². The summed E-state index contributed by atoms with van der Waals surface area (Å²) >= 11 is 0. The van der Waals surface area contributed by atoms with E-state index in [1.54, 1.807) is 4.57 Å². The fourth-order valence-electron chi connectivity index (χ4n) is 2.77. The van der Waals surface area contributed by atoms with Crippen LogP contribution in [0.2, 0.25) is 0 Å². The van der Waals surface area contributed by atoms with Gasteiger partial charge in [0.05, 0.1) is 17.3 Å². The molecule has 7 heteroatoms. The van der Waals surface area contributed by atoms with Gasteiger partial charge in [-0.05, 0) is 32.8 Å². The summed E-state index contributed by atoms with van der Waals surface area (Å²) < 4.78 is 15.3. The Balaban J connectivity index is 1.87. The van der Waals surface area contributed by atoms with E-state index in [0.717, 1.165) is 17.0 Å². The molecule has 1 aliphatic carbocycles. The second kappa shape index (κ2) is 5.22. The van der Waals surface area contributed by atoms with E-state index in [4.69, 9.17) is 0 Å². The van der Waals surface area contributed by atoms with Crippen molar-refractivity contribution in [2.24, 2.45) is 0 Å². The van der Waals surface area contributed by atoms with Crippen LogP contribution >= 0.6 is 0 Å². The first-order valence-corrected chi connectivity index (χ1v) is 8.47. The van der Waals surface area contributed by atoms with E-state index >= 15 is 0 Å². The van der Waals surface area contributed by atoms with Crippen molar-refractivity contribution in [3.63, 3.8) is 0 Å². The summed E-state index contributed by atoms with van der Waals surface area (Å²) in [5.74, 6) is 0.00139. The third-order valence-corrected chi connectivity index (χ3v) is 4.68. The van der Waals surface area contributed by atoms with Crippen LogP contribution in [0.25, 0.3) is 0 Å². The Kier molecular flexibility index (Phi) is 3.52. The van der Waals surface area contributed by atoms with Crippen LogP contribution in [0.3, 0.4) is 0 Å². The van der Waals surface area contributed by atoms with Crippen LogP contribution in [0, 0.1) is 13.8 Å². The molecule has 2 heterocycles. The van der Waals surface area contributed by atoms with E-state index in [0.29, 0.717) is 11.2 Å². The molecule has 3 rings (SSSR count). The predicted molar refractivity (Wildman–Crippen MR) is 78.9 cm³/mol. The number of aromatic nitrogens is 4. The van der Waals surface area contributed by atoms with Crippen LogP contribution in [0.5, 0.6) is 0 Å². The van der Waals surface area contributed by atoms with E-state index in [-0.39, 0.29) is 12.3 Å². The summed E-state index contributed by atoms with van der Waals surface area (Å²) in [5.41, 5.74) is 2.88. The first kappa shape index (κ1) is 14.2. The van der Waals surface area contributed by atoms with E-state index in [2.05, 4.69) is 14.8 Å². The zero-order valence-electron chi connectivity index (χ0n) is 12.4. The van der Waals surface area contributed by atoms with Gasteiger partial charge in [-0.3, -0.25) is 13.6 Å². The maximum Gasteiger partial charge on any atom is 0.221 e. The number of nitrogens with zero attached hydrogens (tertiary/aromatic N) is 4. The average molecular weight is 306 g/mol. The summed E-state index contributed by atoms with van der Waals surface area (Å²) in [4.78, 5) is 12.5. The molecule has 2 aromatic heterocycles. The minimum Gasteiger partial charge on any atom is -0.345 e. The Bertz CT molecular complexity index is 727. The standard InChI is InChI=1S/C14H18N4O2S/c1-9-6-12(10(2)18(9)11-4-5-11)13(19)7-17-8-15-16-14(17)21(3)20/h6,8,11H,4-5,7H2,1-3H3. The van der Waals surface area contributed by atoms with Crippen LogP contribution < -0.4 is 0 Å². The van der Waals surface area contributed by atoms with Crippen molar-refractivity contribution in [2.45, 2.75) is 44.4 Å². The molecule has 1 saturated carbocycles. The quantitative estimate of drug-likeness (QED) is 0.788. The zero-order valence-corrected chi connectivity index (χ0v) is 13.2. The van der Waals surface area contributed by atoms with Crippen molar-refractivity contribution in [3.8, 4) is 0 Å². The Labute approximate surface area is 125 Å². The Morgan fingerprint density at radius 2 is 2.14 bits per heavy atom. The smallest absolute Gasteiger partial charge is 0.221 e. The lowest BCUT2D eigenvalue weighted by Crippen LogP contribution is -2.14. The molecule has 112 valence electrons. The van der Waals surface area contributed by atoms with Gasteiger partial charge in [-0.2, -0.15) is 0 Å². The largest absolute Gasteiger partial charge is 0.345 e. The molecule has 0 aliphatic heterocycles. The third kappa shape index (κ3) is 2.57. The molecular weight excluding hydrogens is 288 g/mol. The SMILES string of the molecule is Cc1cc(C(=O)Cn2cnnc2S(C)=O)c(C)n1C1CC1.